The van der Waals surface area contributed by atoms with Crippen molar-refractivity contribution in [2.45, 2.75) is 6.92 Å². The minimum absolute atomic E-state index is 0.623. The summed E-state index contributed by atoms with van der Waals surface area (Å²) in [6, 6.07) is 5.64. The number of anilines is 1. The molecule has 3 nitrogen and oxygen atoms in total. The first-order chi connectivity index (χ1) is 8.61. The molecule has 0 amide bonds. The summed E-state index contributed by atoms with van der Waals surface area (Å²) in [6.07, 6.45) is 1.79. The second kappa shape index (κ2) is 6.16. The van der Waals surface area contributed by atoms with Crippen LogP contribution < -0.4 is 5.32 Å². The molecule has 94 valence electrons. The Morgan fingerprint density at radius 1 is 1.44 bits per heavy atom. The van der Waals surface area contributed by atoms with Crippen molar-refractivity contribution in [3.8, 4) is 11.4 Å². The van der Waals surface area contributed by atoms with Crippen molar-refractivity contribution >= 4 is 55.9 Å². The number of hydrogen-bond donors (Lipinski definition) is 1. The molecule has 0 spiro atoms. The van der Waals surface area contributed by atoms with Gasteiger partial charge in [0.15, 0.2) is 5.82 Å². The molecule has 2 rings (SSSR count). The zero-order valence-electron chi connectivity index (χ0n) is 9.54. The standard InChI is InChI=1S/C12H10BrClIN3/c1-2-16-12-10(15)6-17-11(18-12)8-5-7(13)3-4-9(8)14/h3-6H,2H2,1H3,(H,16,17,18). The first-order valence-corrected chi connectivity index (χ1v) is 7.58. The van der Waals surface area contributed by atoms with Crippen molar-refractivity contribution in [3.05, 3.63) is 37.5 Å². The molecular formula is C12H10BrClIN3. The lowest BCUT2D eigenvalue weighted by molar-refractivity contribution is 1.10. The van der Waals surface area contributed by atoms with E-state index in [9.17, 15) is 0 Å². The highest BCUT2D eigenvalue weighted by Crippen LogP contribution is 2.29. The summed E-state index contributed by atoms with van der Waals surface area (Å²) in [6.45, 7) is 2.85. The molecule has 6 heteroatoms. The van der Waals surface area contributed by atoms with Gasteiger partial charge >= 0.3 is 0 Å². The molecule has 1 aromatic carbocycles. The van der Waals surface area contributed by atoms with E-state index < -0.39 is 0 Å². The number of aromatic nitrogens is 2. The summed E-state index contributed by atoms with van der Waals surface area (Å²) in [7, 11) is 0. The van der Waals surface area contributed by atoms with Gasteiger partial charge in [0.25, 0.3) is 0 Å². The Labute approximate surface area is 133 Å². The van der Waals surface area contributed by atoms with E-state index in [0.717, 1.165) is 26.0 Å². The summed E-state index contributed by atoms with van der Waals surface area (Å²) in [5, 5.41) is 3.85. The van der Waals surface area contributed by atoms with E-state index in [2.05, 4.69) is 53.8 Å². The van der Waals surface area contributed by atoms with Gasteiger partial charge in [-0.1, -0.05) is 27.5 Å². The average molecular weight is 438 g/mol. The maximum Gasteiger partial charge on any atom is 0.163 e. The smallest absolute Gasteiger partial charge is 0.163 e. The molecule has 0 aliphatic rings. The first-order valence-electron chi connectivity index (χ1n) is 5.33. The van der Waals surface area contributed by atoms with Crippen molar-refractivity contribution in [1.29, 1.82) is 0 Å². The average Bonchev–Trinajstić information content (AvgIpc) is 2.35. The molecule has 0 unspecified atom stereocenters. The Morgan fingerprint density at radius 2 is 2.22 bits per heavy atom. The summed E-state index contributed by atoms with van der Waals surface area (Å²) in [5.74, 6) is 1.46. The lowest BCUT2D eigenvalue weighted by Gasteiger charge is -2.08. The van der Waals surface area contributed by atoms with Gasteiger partial charge in [-0.15, -0.1) is 0 Å². The van der Waals surface area contributed by atoms with E-state index in [4.69, 9.17) is 11.6 Å². The van der Waals surface area contributed by atoms with Gasteiger partial charge in [0.1, 0.15) is 5.82 Å². The second-order valence-electron chi connectivity index (χ2n) is 3.54. The van der Waals surface area contributed by atoms with Crippen LogP contribution in [0.3, 0.4) is 0 Å². The van der Waals surface area contributed by atoms with E-state index in [0.29, 0.717) is 10.8 Å². The van der Waals surface area contributed by atoms with Crippen LogP contribution in [0.25, 0.3) is 11.4 Å². The SMILES string of the molecule is CCNc1nc(-c2cc(Br)ccc2Cl)ncc1I. The highest BCUT2D eigenvalue weighted by Gasteiger charge is 2.10. The molecule has 0 aliphatic heterocycles. The minimum atomic E-state index is 0.623. The van der Waals surface area contributed by atoms with Gasteiger partial charge in [-0.25, -0.2) is 9.97 Å². The summed E-state index contributed by atoms with van der Waals surface area (Å²) >= 11 is 11.8. The van der Waals surface area contributed by atoms with Crippen molar-refractivity contribution in [1.82, 2.24) is 9.97 Å². The predicted octanol–water partition coefficient (Wildman–Crippen LogP) is 4.60. The molecule has 0 bridgehead atoms. The third-order valence-electron chi connectivity index (χ3n) is 2.26. The van der Waals surface area contributed by atoms with Gasteiger partial charge < -0.3 is 5.32 Å². The summed E-state index contributed by atoms with van der Waals surface area (Å²) in [5.41, 5.74) is 0.821. The van der Waals surface area contributed by atoms with E-state index in [-0.39, 0.29) is 0 Å². The van der Waals surface area contributed by atoms with Crippen LogP contribution in [0.15, 0.2) is 28.9 Å². The monoisotopic (exact) mass is 437 g/mol. The van der Waals surface area contributed by atoms with Gasteiger partial charge in [-0.05, 0) is 47.7 Å². The molecule has 0 aliphatic carbocycles. The summed E-state index contributed by atoms with van der Waals surface area (Å²) in [4.78, 5) is 8.83. The fraction of sp³-hybridized carbons (Fsp3) is 0.167. The number of benzene rings is 1. The number of nitrogens with one attached hydrogen (secondary N) is 1. The molecule has 18 heavy (non-hydrogen) atoms. The van der Waals surface area contributed by atoms with Crippen LogP contribution in [-0.4, -0.2) is 16.5 Å². The van der Waals surface area contributed by atoms with Crippen LogP contribution in [0.1, 0.15) is 6.92 Å². The first kappa shape index (κ1) is 14.0. The van der Waals surface area contributed by atoms with Crippen molar-refractivity contribution in [2.75, 3.05) is 11.9 Å². The Kier molecular flexibility index (Phi) is 4.80. The van der Waals surface area contributed by atoms with Crippen molar-refractivity contribution < 1.29 is 0 Å². The molecule has 0 saturated carbocycles. The molecule has 1 heterocycles. The quantitative estimate of drug-likeness (QED) is 0.712. The van der Waals surface area contributed by atoms with Crippen molar-refractivity contribution in [2.24, 2.45) is 0 Å². The minimum Gasteiger partial charge on any atom is -0.369 e. The van der Waals surface area contributed by atoms with Crippen LogP contribution in [0.2, 0.25) is 5.02 Å². The normalized spacial score (nSPS) is 10.4. The highest BCUT2D eigenvalue weighted by molar-refractivity contribution is 14.1. The third kappa shape index (κ3) is 3.13. The number of rotatable bonds is 3. The Morgan fingerprint density at radius 3 is 2.94 bits per heavy atom. The zero-order chi connectivity index (χ0) is 13.1. The fourth-order valence-electron chi connectivity index (χ4n) is 1.46. The van der Waals surface area contributed by atoms with Crippen LogP contribution in [-0.2, 0) is 0 Å². The molecule has 0 saturated heterocycles. The Bertz CT molecular complexity index is 577. The number of halogens is 3. The van der Waals surface area contributed by atoms with Crippen molar-refractivity contribution in [3.63, 3.8) is 0 Å². The summed E-state index contributed by atoms with van der Waals surface area (Å²) < 4.78 is 1.94. The Hall–Kier alpha value is -0.400. The third-order valence-corrected chi connectivity index (χ3v) is 3.87. The van der Waals surface area contributed by atoms with E-state index >= 15 is 0 Å². The van der Waals surface area contributed by atoms with Crippen LogP contribution in [0, 0.1) is 3.57 Å². The van der Waals surface area contributed by atoms with Crippen LogP contribution in [0.5, 0.6) is 0 Å². The van der Waals surface area contributed by atoms with E-state index in [1.54, 1.807) is 6.20 Å². The molecule has 1 N–H and O–H groups in total. The van der Waals surface area contributed by atoms with Gasteiger partial charge in [0.05, 0.1) is 8.59 Å². The highest BCUT2D eigenvalue weighted by atomic mass is 127. The number of nitrogens with zero attached hydrogens (tertiary/aromatic N) is 2. The van der Waals surface area contributed by atoms with E-state index in [1.165, 1.54) is 0 Å². The molecular weight excluding hydrogens is 428 g/mol. The lowest BCUT2D eigenvalue weighted by Crippen LogP contribution is -2.03. The van der Waals surface area contributed by atoms with Crippen LogP contribution >= 0.6 is 50.1 Å². The largest absolute Gasteiger partial charge is 0.369 e. The second-order valence-corrected chi connectivity index (χ2v) is 6.03. The van der Waals surface area contributed by atoms with Gasteiger partial charge in [0, 0.05) is 22.8 Å². The Balaban J connectivity index is 2.50. The molecule has 2 aromatic rings. The van der Waals surface area contributed by atoms with Gasteiger partial charge in [-0.3, -0.25) is 0 Å². The van der Waals surface area contributed by atoms with Gasteiger partial charge in [-0.2, -0.15) is 0 Å². The number of hydrogen-bond acceptors (Lipinski definition) is 3. The molecule has 0 radical (unpaired) electrons. The maximum absolute atomic E-state index is 6.18. The lowest BCUT2D eigenvalue weighted by atomic mass is 10.2. The zero-order valence-corrected chi connectivity index (χ0v) is 14.0. The molecule has 0 fully saturated rings. The maximum atomic E-state index is 6.18. The topological polar surface area (TPSA) is 37.8 Å². The predicted molar refractivity (Wildman–Crippen MR) is 87.1 cm³/mol. The molecule has 1 aromatic heterocycles. The van der Waals surface area contributed by atoms with Gasteiger partial charge in [0.2, 0.25) is 0 Å². The van der Waals surface area contributed by atoms with E-state index in [1.807, 2.05) is 25.1 Å². The molecule has 0 atom stereocenters. The van der Waals surface area contributed by atoms with Crippen LogP contribution in [0.4, 0.5) is 5.82 Å². The fourth-order valence-corrected chi connectivity index (χ4v) is 2.47.